The highest BCUT2D eigenvalue weighted by Gasteiger charge is 2.27. The summed E-state index contributed by atoms with van der Waals surface area (Å²) in [5.74, 6) is 0.0108. The van der Waals surface area contributed by atoms with Gasteiger partial charge in [0, 0.05) is 7.05 Å². The molecule has 0 aromatic heterocycles. The zero-order chi connectivity index (χ0) is 10.8. The maximum atomic E-state index is 11.5. The smallest absolute Gasteiger partial charge is 0.236 e. The Morgan fingerprint density at radius 2 is 2.19 bits per heavy atom. The average molecular weight is 241 g/mol. The summed E-state index contributed by atoms with van der Waals surface area (Å²) in [5, 5.41) is 0. The number of benzene rings is 1. The van der Waals surface area contributed by atoms with E-state index in [0.717, 1.165) is 12.8 Å². The first kappa shape index (κ1) is 13.0. The molecule has 1 atom stereocenters. The number of rotatable bonds is 2. The van der Waals surface area contributed by atoms with Gasteiger partial charge in [-0.15, -0.1) is 12.4 Å². The molecule has 4 heteroatoms. The van der Waals surface area contributed by atoms with Crippen LogP contribution in [0.3, 0.4) is 0 Å². The molecule has 0 spiro atoms. The van der Waals surface area contributed by atoms with Crippen molar-refractivity contribution in [3.05, 3.63) is 35.4 Å². The second-order valence-electron chi connectivity index (χ2n) is 3.96. The molecule has 1 amide bonds. The number of likely N-dealkylation sites (N-methyl/N-ethyl adjacent to an activating group) is 1. The highest BCUT2D eigenvalue weighted by Crippen LogP contribution is 2.34. The van der Waals surface area contributed by atoms with Gasteiger partial charge in [-0.3, -0.25) is 4.79 Å². The first-order valence-corrected chi connectivity index (χ1v) is 5.27. The van der Waals surface area contributed by atoms with Crippen molar-refractivity contribution in [2.45, 2.75) is 18.9 Å². The molecular weight excluding hydrogens is 224 g/mol. The van der Waals surface area contributed by atoms with Gasteiger partial charge in [0.2, 0.25) is 5.91 Å². The van der Waals surface area contributed by atoms with Crippen molar-refractivity contribution < 1.29 is 4.79 Å². The molecule has 3 nitrogen and oxygen atoms in total. The highest BCUT2D eigenvalue weighted by atomic mass is 35.5. The standard InChI is InChI=1S/C12H16N2O.ClH/c1-14(12(15)8-13)11-7-6-9-4-2-3-5-10(9)11;/h2-5,11H,6-8,13H2,1H3;1H. The molecule has 0 fully saturated rings. The number of carbonyl (C=O) groups is 1. The van der Waals surface area contributed by atoms with E-state index in [1.54, 1.807) is 4.90 Å². The lowest BCUT2D eigenvalue weighted by molar-refractivity contribution is -0.130. The van der Waals surface area contributed by atoms with Crippen molar-refractivity contribution in [3.63, 3.8) is 0 Å². The van der Waals surface area contributed by atoms with Crippen molar-refractivity contribution in [2.75, 3.05) is 13.6 Å². The predicted molar refractivity (Wildman–Crippen MR) is 66.6 cm³/mol. The summed E-state index contributed by atoms with van der Waals surface area (Å²) in [6, 6.07) is 8.53. The number of hydrogen-bond donors (Lipinski definition) is 1. The van der Waals surface area contributed by atoms with Gasteiger partial charge in [0.05, 0.1) is 12.6 Å². The number of nitrogens with zero attached hydrogens (tertiary/aromatic N) is 1. The van der Waals surface area contributed by atoms with E-state index in [2.05, 4.69) is 12.1 Å². The second kappa shape index (κ2) is 5.32. The predicted octanol–water partition coefficient (Wildman–Crippen LogP) is 1.51. The average Bonchev–Trinajstić information content (AvgIpc) is 2.70. The minimum absolute atomic E-state index is 0. The summed E-state index contributed by atoms with van der Waals surface area (Å²) in [6.45, 7) is 0.0924. The van der Waals surface area contributed by atoms with E-state index in [9.17, 15) is 4.79 Å². The fourth-order valence-electron chi connectivity index (χ4n) is 2.25. The summed E-state index contributed by atoms with van der Waals surface area (Å²) < 4.78 is 0. The molecule has 0 radical (unpaired) electrons. The third-order valence-corrected chi connectivity index (χ3v) is 3.14. The zero-order valence-corrected chi connectivity index (χ0v) is 10.2. The van der Waals surface area contributed by atoms with Crippen LogP contribution in [0.1, 0.15) is 23.6 Å². The molecule has 0 heterocycles. The maximum absolute atomic E-state index is 11.5. The SMILES string of the molecule is CN(C(=O)CN)C1CCc2ccccc21.Cl. The Labute approximate surface area is 102 Å². The zero-order valence-electron chi connectivity index (χ0n) is 9.35. The van der Waals surface area contributed by atoms with E-state index in [1.807, 2.05) is 19.2 Å². The summed E-state index contributed by atoms with van der Waals surface area (Å²) >= 11 is 0. The second-order valence-corrected chi connectivity index (χ2v) is 3.96. The van der Waals surface area contributed by atoms with E-state index in [1.165, 1.54) is 11.1 Å². The normalized spacial score (nSPS) is 17.5. The molecular formula is C12H17ClN2O. The highest BCUT2D eigenvalue weighted by molar-refractivity contribution is 5.85. The quantitative estimate of drug-likeness (QED) is 0.852. The molecule has 88 valence electrons. The first-order chi connectivity index (χ1) is 7.24. The molecule has 2 rings (SSSR count). The third kappa shape index (κ3) is 2.20. The molecule has 1 aliphatic carbocycles. The van der Waals surface area contributed by atoms with Crippen LogP contribution in [-0.4, -0.2) is 24.4 Å². The Morgan fingerprint density at radius 1 is 1.50 bits per heavy atom. The summed E-state index contributed by atoms with van der Waals surface area (Å²) in [5.41, 5.74) is 8.01. The van der Waals surface area contributed by atoms with E-state index < -0.39 is 0 Å². The van der Waals surface area contributed by atoms with Crippen molar-refractivity contribution in [3.8, 4) is 0 Å². The minimum Gasteiger partial charge on any atom is -0.338 e. The number of amides is 1. The topological polar surface area (TPSA) is 46.3 Å². The summed E-state index contributed by atoms with van der Waals surface area (Å²) in [4.78, 5) is 13.3. The van der Waals surface area contributed by atoms with Gasteiger partial charge in [-0.05, 0) is 24.0 Å². The van der Waals surface area contributed by atoms with Crippen LogP contribution in [0.25, 0.3) is 0 Å². The van der Waals surface area contributed by atoms with Crippen LogP contribution in [0.2, 0.25) is 0 Å². The largest absolute Gasteiger partial charge is 0.338 e. The number of aryl methyl sites for hydroxylation is 1. The lowest BCUT2D eigenvalue weighted by atomic mass is 10.1. The Kier molecular flexibility index (Phi) is 4.33. The lowest BCUT2D eigenvalue weighted by Crippen LogP contribution is -2.34. The summed E-state index contributed by atoms with van der Waals surface area (Å²) in [7, 11) is 1.84. The van der Waals surface area contributed by atoms with E-state index in [4.69, 9.17) is 5.73 Å². The van der Waals surface area contributed by atoms with Crippen molar-refractivity contribution in [1.82, 2.24) is 4.90 Å². The van der Waals surface area contributed by atoms with Gasteiger partial charge in [-0.25, -0.2) is 0 Å². The summed E-state index contributed by atoms with van der Waals surface area (Å²) in [6.07, 6.45) is 2.07. The molecule has 1 aliphatic rings. The molecule has 0 saturated carbocycles. The monoisotopic (exact) mass is 240 g/mol. The number of carbonyl (C=O) groups excluding carboxylic acids is 1. The molecule has 1 aromatic carbocycles. The van der Waals surface area contributed by atoms with Crippen molar-refractivity contribution in [1.29, 1.82) is 0 Å². The van der Waals surface area contributed by atoms with Gasteiger partial charge in [-0.2, -0.15) is 0 Å². The first-order valence-electron chi connectivity index (χ1n) is 5.27. The van der Waals surface area contributed by atoms with Gasteiger partial charge >= 0.3 is 0 Å². The van der Waals surface area contributed by atoms with Crippen LogP contribution >= 0.6 is 12.4 Å². The van der Waals surface area contributed by atoms with Gasteiger partial charge < -0.3 is 10.6 Å². The number of nitrogens with two attached hydrogens (primary N) is 1. The number of hydrogen-bond acceptors (Lipinski definition) is 2. The Balaban J connectivity index is 0.00000128. The van der Waals surface area contributed by atoms with Gasteiger partial charge in [0.15, 0.2) is 0 Å². The van der Waals surface area contributed by atoms with Crippen LogP contribution in [-0.2, 0) is 11.2 Å². The Morgan fingerprint density at radius 3 is 2.88 bits per heavy atom. The molecule has 0 saturated heterocycles. The van der Waals surface area contributed by atoms with Gasteiger partial charge in [0.1, 0.15) is 0 Å². The van der Waals surface area contributed by atoms with Gasteiger partial charge in [0.25, 0.3) is 0 Å². The fraction of sp³-hybridized carbons (Fsp3) is 0.417. The molecule has 0 bridgehead atoms. The number of halogens is 1. The van der Waals surface area contributed by atoms with E-state index >= 15 is 0 Å². The van der Waals surface area contributed by atoms with E-state index in [0.29, 0.717) is 0 Å². The minimum atomic E-state index is 0. The van der Waals surface area contributed by atoms with Crippen molar-refractivity contribution in [2.24, 2.45) is 5.73 Å². The Bertz CT molecular complexity index is 381. The Hall–Kier alpha value is -1.06. The molecule has 2 N–H and O–H groups in total. The molecule has 1 aromatic rings. The number of fused-ring (bicyclic) bond motifs is 1. The van der Waals surface area contributed by atoms with Gasteiger partial charge in [-0.1, -0.05) is 24.3 Å². The molecule has 0 aliphatic heterocycles. The fourth-order valence-corrected chi connectivity index (χ4v) is 2.25. The van der Waals surface area contributed by atoms with Crippen LogP contribution in [0.5, 0.6) is 0 Å². The molecule has 16 heavy (non-hydrogen) atoms. The van der Waals surface area contributed by atoms with Crippen LogP contribution in [0.4, 0.5) is 0 Å². The third-order valence-electron chi connectivity index (χ3n) is 3.14. The van der Waals surface area contributed by atoms with Crippen molar-refractivity contribution >= 4 is 18.3 Å². The van der Waals surface area contributed by atoms with Crippen LogP contribution in [0, 0.1) is 0 Å². The van der Waals surface area contributed by atoms with Crippen LogP contribution in [0.15, 0.2) is 24.3 Å². The maximum Gasteiger partial charge on any atom is 0.236 e. The van der Waals surface area contributed by atoms with Crippen LogP contribution < -0.4 is 5.73 Å². The van der Waals surface area contributed by atoms with E-state index in [-0.39, 0.29) is 30.9 Å². The lowest BCUT2D eigenvalue weighted by Gasteiger charge is -2.24. The molecule has 1 unspecified atom stereocenters.